The molecule has 0 aliphatic rings. The Hall–Kier alpha value is -0.436. The molecule has 1 rings (SSSR count). The maximum absolute atomic E-state index is 11.3. The number of benzene rings is 1. The van der Waals surface area contributed by atoms with Gasteiger partial charge in [-0.05, 0) is 12.1 Å². The molecule has 1 aromatic carbocycles. The van der Waals surface area contributed by atoms with Gasteiger partial charge in [-0.1, -0.05) is 55.7 Å². The molecule has 0 amide bonds. The highest BCUT2D eigenvalue weighted by Gasteiger charge is 2.28. The lowest BCUT2D eigenvalue weighted by molar-refractivity contribution is 0.483. The Morgan fingerprint density at radius 2 is 1.33 bits per heavy atom. The number of hydrogen-bond donors (Lipinski definition) is 1. The fourth-order valence-electron chi connectivity index (χ4n) is 1.96. The molecular weight excluding hydrogens is 280 g/mol. The molecule has 0 radical (unpaired) electrons. The first-order chi connectivity index (χ1) is 7.83. The van der Waals surface area contributed by atoms with Crippen LogP contribution in [0.3, 0.4) is 0 Å². The van der Waals surface area contributed by atoms with Crippen LogP contribution in [0.15, 0.2) is 23.1 Å². The zero-order valence-electron chi connectivity index (χ0n) is 11.9. The predicted octanol–water partition coefficient (Wildman–Crippen LogP) is 2.02. The van der Waals surface area contributed by atoms with Crippen molar-refractivity contribution in [2.75, 3.05) is 0 Å². The van der Waals surface area contributed by atoms with Crippen molar-refractivity contribution < 1.29 is 13.0 Å². The van der Waals surface area contributed by atoms with Gasteiger partial charge in [0, 0.05) is 0 Å². The van der Waals surface area contributed by atoms with E-state index in [4.69, 9.17) is 0 Å². The smallest absolute Gasteiger partial charge is 0.282 e. The zero-order chi connectivity index (χ0) is 14.4. The SMILES string of the molecule is C[Si](C)(C)c1ccc(S(=O)(=O)O)cc1[Si](C)(C)C. The summed E-state index contributed by atoms with van der Waals surface area (Å²) in [6.07, 6.45) is 0. The predicted molar refractivity (Wildman–Crippen MR) is 82.2 cm³/mol. The molecule has 0 heterocycles. The molecule has 1 aromatic rings. The van der Waals surface area contributed by atoms with Crippen LogP contribution < -0.4 is 10.4 Å². The lowest BCUT2D eigenvalue weighted by Crippen LogP contribution is -2.56. The first kappa shape index (κ1) is 15.6. The first-order valence-electron chi connectivity index (χ1n) is 5.96. The van der Waals surface area contributed by atoms with Gasteiger partial charge in [-0.2, -0.15) is 8.42 Å². The molecule has 0 aliphatic heterocycles. The molecule has 6 heteroatoms. The Bertz CT molecular complexity index is 552. The van der Waals surface area contributed by atoms with Crippen LogP contribution in [0.1, 0.15) is 0 Å². The zero-order valence-corrected chi connectivity index (χ0v) is 14.7. The van der Waals surface area contributed by atoms with Crippen molar-refractivity contribution in [2.45, 2.75) is 44.2 Å². The van der Waals surface area contributed by atoms with Gasteiger partial charge in [-0.25, -0.2) is 0 Å². The molecule has 0 bridgehead atoms. The summed E-state index contributed by atoms with van der Waals surface area (Å²) in [6.45, 7) is 13.3. The lowest BCUT2D eigenvalue weighted by Gasteiger charge is -2.28. The van der Waals surface area contributed by atoms with Gasteiger partial charge in [0.2, 0.25) is 0 Å². The molecule has 0 atom stereocenters. The third kappa shape index (κ3) is 3.53. The van der Waals surface area contributed by atoms with E-state index in [1.807, 2.05) is 6.07 Å². The lowest BCUT2D eigenvalue weighted by atomic mass is 10.3. The van der Waals surface area contributed by atoms with E-state index in [1.54, 1.807) is 6.07 Å². The Morgan fingerprint density at radius 3 is 1.67 bits per heavy atom. The van der Waals surface area contributed by atoms with Crippen LogP contribution >= 0.6 is 0 Å². The summed E-state index contributed by atoms with van der Waals surface area (Å²) in [7, 11) is -7.26. The van der Waals surface area contributed by atoms with Gasteiger partial charge in [-0.3, -0.25) is 4.55 Å². The third-order valence-corrected chi connectivity index (χ3v) is 8.09. The van der Waals surface area contributed by atoms with Gasteiger partial charge in [-0.15, -0.1) is 0 Å². The normalized spacial score (nSPS) is 13.7. The molecule has 0 fully saturated rings. The molecule has 0 saturated heterocycles. The highest BCUT2D eigenvalue weighted by molar-refractivity contribution is 7.85. The molecule has 102 valence electrons. The van der Waals surface area contributed by atoms with Crippen molar-refractivity contribution in [2.24, 2.45) is 0 Å². The second kappa shape index (κ2) is 4.59. The molecular formula is C12H22O3SSi2. The summed E-state index contributed by atoms with van der Waals surface area (Å²) < 4.78 is 31.7. The average Bonchev–Trinajstić information content (AvgIpc) is 2.12. The standard InChI is InChI=1S/C12H22O3SSi2/c1-17(2,3)11-8-7-10(16(13,14)15)9-12(11)18(4,5)6/h7-9H,1-6H3,(H,13,14,15). The minimum absolute atomic E-state index is 0.0157. The maximum atomic E-state index is 11.3. The Balaban J connectivity index is 3.60. The highest BCUT2D eigenvalue weighted by atomic mass is 32.2. The molecule has 0 spiro atoms. The Morgan fingerprint density at radius 1 is 0.889 bits per heavy atom. The van der Waals surface area contributed by atoms with Gasteiger partial charge in [0.15, 0.2) is 0 Å². The van der Waals surface area contributed by atoms with Gasteiger partial charge < -0.3 is 0 Å². The van der Waals surface area contributed by atoms with E-state index < -0.39 is 26.3 Å². The van der Waals surface area contributed by atoms with Crippen LogP contribution in [0.5, 0.6) is 0 Å². The second-order valence-corrected chi connectivity index (χ2v) is 18.2. The summed E-state index contributed by atoms with van der Waals surface area (Å²) >= 11 is 0. The van der Waals surface area contributed by atoms with Crippen LogP contribution in [0.2, 0.25) is 39.3 Å². The van der Waals surface area contributed by atoms with Crippen LogP contribution in [-0.2, 0) is 10.1 Å². The molecule has 3 nitrogen and oxygen atoms in total. The summed E-state index contributed by atoms with van der Waals surface area (Å²) in [5.74, 6) is 0. The van der Waals surface area contributed by atoms with Crippen molar-refractivity contribution in [3.05, 3.63) is 18.2 Å². The number of rotatable bonds is 3. The quantitative estimate of drug-likeness (QED) is 0.686. The van der Waals surface area contributed by atoms with Crippen LogP contribution in [0.4, 0.5) is 0 Å². The van der Waals surface area contributed by atoms with Gasteiger partial charge in [0.25, 0.3) is 10.1 Å². The second-order valence-electron chi connectivity index (χ2n) is 6.68. The summed E-state index contributed by atoms with van der Waals surface area (Å²) in [4.78, 5) is 0.0157. The van der Waals surface area contributed by atoms with Crippen LogP contribution in [0, 0.1) is 0 Å². The highest BCUT2D eigenvalue weighted by Crippen LogP contribution is 2.12. The van der Waals surface area contributed by atoms with E-state index in [-0.39, 0.29) is 4.90 Å². The first-order valence-corrected chi connectivity index (χ1v) is 14.4. The fraction of sp³-hybridized carbons (Fsp3) is 0.500. The van der Waals surface area contributed by atoms with E-state index in [9.17, 15) is 13.0 Å². The third-order valence-electron chi connectivity index (χ3n) is 2.90. The van der Waals surface area contributed by atoms with E-state index in [0.717, 1.165) is 5.19 Å². The van der Waals surface area contributed by atoms with E-state index in [1.165, 1.54) is 11.3 Å². The summed E-state index contributed by atoms with van der Waals surface area (Å²) in [6, 6.07) is 5.09. The molecule has 1 N–H and O–H groups in total. The van der Waals surface area contributed by atoms with Gasteiger partial charge >= 0.3 is 0 Å². The molecule has 0 saturated carbocycles. The minimum Gasteiger partial charge on any atom is -0.282 e. The van der Waals surface area contributed by atoms with Crippen LogP contribution in [-0.4, -0.2) is 29.1 Å². The van der Waals surface area contributed by atoms with Crippen LogP contribution in [0.25, 0.3) is 0 Å². The van der Waals surface area contributed by atoms with E-state index in [2.05, 4.69) is 39.3 Å². The summed E-state index contributed by atoms with van der Waals surface area (Å²) in [5.41, 5.74) is 0. The monoisotopic (exact) mass is 302 g/mol. The Kier molecular flexibility index (Phi) is 3.98. The molecule has 0 aliphatic carbocycles. The summed E-state index contributed by atoms with van der Waals surface area (Å²) in [5, 5.41) is 2.45. The van der Waals surface area contributed by atoms with Gasteiger partial charge in [0.1, 0.15) is 0 Å². The van der Waals surface area contributed by atoms with Crippen molar-refractivity contribution >= 4 is 36.6 Å². The largest absolute Gasteiger partial charge is 0.294 e. The topological polar surface area (TPSA) is 54.4 Å². The maximum Gasteiger partial charge on any atom is 0.294 e. The molecule has 0 aromatic heterocycles. The van der Waals surface area contributed by atoms with Crippen molar-refractivity contribution in [3.8, 4) is 0 Å². The van der Waals surface area contributed by atoms with E-state index >= 15 is 0 Å². The molecule has 18 heavy (non-hydrogen) atoms. The van der Waals surface area contributed by atoms with Crippen molar-refractivity contribution in [3.63, 3.8) is 0 Å². The fourth-order valence-corrected chi connectivity index (χ4v) is 7.76. The number of hydrogen-bond acceptors (Lipinski definition) is 2. The Labute approximate surface area is 112 Å². The van der Waals surface area contributed by atoms with Crippen molar-refractivity contribution in [1.29, 1.82) is 0 Å². The molecule has 0 unspecified atom stereocenters. The minimum atomic E-state index is -4.11. The van der Waals surface area contributed by atoms with Crippen molar-refractivity contribution in [1.82, 2.24) is 0 Å². The average molecular weight is 303 g/mol. The van der Waals surface area contributed by atoms with Gasteiger partial charge in [0.05, 0.1) is 21.0 Å². The van der Waals surface area contributed by atoms with E-state index in [0.29, 0.717) is 0 Å².